The molecular formula is C9H21NO3S. The summed E-state index contributed by atoms with van der Waals surface area (Å²) in [7, 11) is -3.93. The molecule has 0 aromatic carbocycles. The van der Waals surface area contributed by atoms with Crippen molar-refractivity contribution in [1.29, 1.82) is 0 Å². The molecule has 0 amide bonds. The number of rotatable bonds is 8. The van der Waals surface area contributed by atoms with Crippen molar-refractivity contribution in [3.8, 4) is 0 Å². The van der Waals surface area contributed by atoms with Crippen molar-refractivity contribution >= 4 is 10.1 Å². The van der Waals surface area contributed by atoms with Crippen LogP contribution in [0.4, 0.5) is 0 Å². The minimum absolute atomic E-state index is 0.463. The minimum Gasteiger partial charge on any atom is -0.299 e. The minimum atomic E-state index is -3.93. The average Bonchev–Trinajstić information content (AvgIpc) is 2.08. The fourth-order valence-corrected chi connectivity index (χ4v) is 2.12. The van der Waals surface area contributed by atoms with Crippen LogP contribution < -0.4 is 5.32 Å². The Labute approximate surface area is 86.8 Å². The van der Waals surface area contributed by atoms with Gasteiger partial charge in [-0.2, -0.15) is 8.42 Å². The molecule has 86 valence electrons. The zero-order valence-electron chi connectivity index (χ0n) is 8.99. The third-order valence-corrected chi connectivity index (χ3v) is 3.18. The third-order valence-electron chi connectivity index (χ3n) is 2.06. The molecule has 0 radical (unpaired) electrons. The van der Waals surface area contributed by atoms with Gasteiger partial charge in [0.2, 0.25) is 0 Å². The van der Waals surface area contributed by atoms with Gasteiger partial charge in [0.15, 0.2) is 0 Å². The van der Waals surface area contributed by atoms with Crippen LogP contribution in [0, 0.1) is 0 Å². The van der Waals surface area contributed by atoms with Gasteiger partial charge in [0, 0.05) is 0 Å². The quantitative estimate of drug-likeness (QED) is 0.486. The summed E-state index contributed by atoms with van der Waals surface area (Å²) in [4.78, 5) is 0. The monoisotopic (exact) mass is 223 g/mol. The highest BCUT2D eigenvalue weighted by Crippen LogP contribution is 2.04. The van der Waals surface area contributed by atoms with Gasteiger partial charge < -0.3 is 0 Å². The molecule has 0 saturated heterocycles. The first-order valence-electron chi connectivity index (χ1n) is 5.22. The highest BCUT2D eigenvalue weighted by atomic mass is 32.2. The molecule has 0 fully saturated rings. The summed E-state index contributed by atoms with van der Waals surface area (Å²) in [6, 6.07) is 0. The van der Waals surface area contributed by atoms with Gasteiger partial charge in [-0.05, 0) is 19.4 Å². The molecular weight excluding hydrogens is 202 g/mol. The number of nitrogens with one attached hydrogen (secondary N) is 1. The molecule has 5 heteroatoms. The first-order chi connectivity index (χ1) is 6.52. The maximum atomic E-state index is 10.9. The lowest BCUT2D eigenvalue weighted by Gasteiger charge is -2.14. The molecule has 0 aliphatic rings. The lowest BCUT2D eigenvalue weighted by molar-refractivity contribution is 0.437. The molecule has 1 unspecified atom stereocenters. The summed E-state index contributed by atoms with van der Waals surface area (Å²) in [5, 5.41) is 2.07. The first kappa shape index (κ1) is 13.9. The van der Waals surface area contributed by atoms with E-state index in [4.69, 9.17) is 4.55 Å². The topological polar surface area (TPSA) is 66.4 Å². The van der Waals surface area contributed by atoms with E-state index in [0.717, 1.165) is 25.7 Å². The van der Waals surface area contributed by atoms with Gasteiger partial charge in [-0.25, -0.2) is 0 Å². The van der Waals surface area contributed by atoms with Gasteiger partial charge in [0.05, 0.1) is 0 Å². The molecule has 0 heterocycles. The van der Waals surface area contributed by atoms with E-state index in [1.165, 1.54) is 0 Å². The second-order valence-corrected chi connectivity index (χ2v) is 5.05. The third kappa shape index (κ3) is 6.34. The maximum Gasteiger partial charge on any atom is 0.281 e. The van der Waals surface area contributed by atoms with Crippen molar-refractivity contribution in [2.24, 2.45) is 0 Å². The van der Waals surface area contributed by atoms with E-state index in [9.17, 15) is 8.42 Å². The SMILES string of the molecule is CCCCCNC(CCC)S(=O)(=O)O. The predicted molar refractivity (Wildman–Crippen MR) is 57.8 cm³/mol. The zero-order chi connectivity index (χ0) is 11.0. The standard InChI is InChI=1S/C9H21NO3S/c1-3-5-6-8-10-9(7-4-2)14(11,12)13/h9-10H,3-8H2,1-2H3,(H,11,12,13). The Morgan fingerprint density at radius 1 is 1.21 bits per heavy atom. The molecule has 0 aromatic heterocycles. The second-order valence-electron chi connectivity index (χ2n) is 3.45. The van der Waals surface area contributed by atoms with E-state index in [1.54, 1.807) is 0 Å². The van der Waals surface area contributed by atoms with E-state index in [1.807, 2.05) is 6.92 Å². The zero-order valence-corrected chi connectivity index (χ0v) is 9.81. The Bertz CT molecular complexity index is 226. The molecule has 0 bridgehead atoms. The smallest absolute Gasteiger partial charge is 0.281 e. The molecule has 0 saturated carbocycles. The molecule has 14 heavy (non-hydrogen) atoms. The van der Waals surface area contributed by atoms with Gasteiger partial charge in [-0.3, -0.25) is 9.87 Å². The summed E-state index contributed by atoms with van der Waals surface area (Å²) in [5.74, 6) is 0. The molecule has 1 atom stereocenters. The average molecular weight is 223 g/mol. The van der Waals surface area contributed by atoms with Crippen LogP contribution in [0.1, 0.15) is 46.0 Å². The van der Waals surface area contributed by atoms with Crippen LogP contribution in [0.3, 0.4) is 0 Å². The lowest BCUT2D eigenvalue weighted by Crippen LogP contribution is -2.36. The van der Waals surface area contributed by atoms with Crippen molar-refractivity contribution in [2.45, 2.75) is 51.3 Å². The maximum absolute atomic E-state index is 10.9. The first-order valence-corrected chi connectivity index (χ1v) is 6.72. The van der Waals surface area contributed by atoms with Crippen LogP contribution in [0.15, 0.2) is 0 Å². The van der Waals surface area contributed by atoms with Crippen molar-refractivity contribution in [2.75, 3.05) is 6.54 Å². The van der Waals surface area contributed by atoms with Gasteiger partial charge in [-0.1, -0.05) is 33.1 Å². The second kappa shape index (κ2) is 7.20. The highest BCUT2D eigenvalue weighted by molar-refractivity contribution is 7.86. The van der Waals surface area contributed by atoms with E-state index in [-0.39, 0.29) is 0 Å². The molecule has 0 rings (SSSR count). The van der Waals surface area contributed by atoms with Crippen LogP contribution in [0.25, 0.3) is 0 Å². The van der Waals surface area contributed by atoms with E-state index >= 15 is 0 Å². The molecule has 4 nitrogen and oxygen atoms in total. The number of hydrogen-bond acceptors (Lipinski definition) is 3. The van der Waals surface area contributed by atoms with E-state index in [0.29, 0.717) is 13.0 Å². The van der Waals surface area contributed by atoms with Crippen LogP contribution in [0.2, 0.25) is 0 Å². The van der Waals surface area contributed by atoms with E-state index in [2.05, 4.69) is 12.2 Å². The summed E-state index contributed by atoms with van der Waals surface area (Å²) in [6.45, 7) is 4.64. The Kier molecular flexibility index (Phi) is 7.13. The summed E-state index contributed by atoms with van der Waals surface area (Å²) in [5.41, 5.74) is 0. The Morgan fingerprint density at radius 2 is 1.86 bits per heavy atom. The molecule has 0 spiro atoms. The van der Waals surface area contributed by atoms with Crippen molar-refractivity contribution < 1.29 is 13.0 Å². The Balaban J connectivity index is 3.87. The fourth-order valence-electron chi connectivity index (χ4n) is 1.26. The van der Waals surface area contributed by atoms with Crippen molar-refractivity contribution in [3.63, 3.8) is 0 Å². The van der Waals surface area contributed by atoms with E-state index < -0.39 is 15.5 Å². The van der Waals surface area contributed by atoms with Crippen molar-refractivity contribution in [3.05, 3.63) is 0 Å². The van der Waals surface area contributed by atoms with Crippen LogP contribution in [-0.4, -0.2) is 24.9 Å². The largest absolute Gasteiger partial charge is 0.299 e. The molecule has 2 N–H and O–H groups in total. The Hall–Kier alpha value is -0.130. The van der Waals surface area contributed by atoms with Gasteiger partial charge in [0.25, 0.3) is 10.1 Å². The predicted octanol–water partition coefficient (Wildman–Crippen LogP) is 1.78. The van der Waals surface area contributed by atoms with Crippen LogP contribution in [-0.2, 0) is 10.1 Å². The fraction of sp³-hybridized carbons (Fsp3) is 1.00. The van der Waals surface area contributed by atoms with Gasteiger partial charge in [-0.15, -0.1) is 0 Å². The Morgan fingerprint density at radius 3 is 2.29 bits per heavy atom. The molecule has 0 aromatic rings. The summed E-state index contributed by atoms with van der Waals surface area (Å²) < 4.78 is 30.6. The lowest BCUT2D eigenvalue weighted by atomic mass is 10.2. The number of hydrogen-bond donors (Lipinski definition) is 2. The van der Waals surface area contributed by atoms with Crippen LogP contribution in [0.5, 0.6) is 0 Å². The number of unbranched alkanes of at least 4 members (excludes halogenated alkanes) is 2. The van der Waals surface area contributed by atoms with Gasteiger partial charge in [0.1, 0.15) is 5.37 Å². The molecule has 0 aliphatic heterocycles. The normalized spacial score (nSPS) is 14.2. The summed E-state index contributed by atoms with van der Waals surface area (Å²) >= 11 is 0. The van der Waals surface area contributed by atoms with Crippen LogP contribution >= 0.6 is 0 Å². The summed E-state index contributed by atoms with van der Waals surface area (Å²) in [6.07, 6.45) is 4.34. The van der Waals surface area contributed by atoms with Crippen molar-refractivity contribution in [1.82, 2.24) is 5.32 Å². The van der Waals surface area contributed by atoms with Gasteiger partial charge >= 0.3 is 0 Å². The molecule has 0 aliphatic carbocycles. The highest BCUT2D eigenvalue weighted by Gasteiger charge is 2.20.